The van der Waals surface area contributed by atoms with Crippen LogP contribution in [0.4, 0.5) is 0 Å². The van der Waals surface area contributed by atoms with Gasteiger partial charge in [-0.15, -0.1) is 0 Å². The molecule has 2 unspecified atom stereocenters. The first-order valence-electron chi connectivity index (χ1n) is 7.55. The Kier molecular flexibility index (Phi) is 5.05. The molecule has 2 fully saturated rings. The third-order valence-corrected chi connectivity index (χ3v) is 4.35. The maximum Gasteiger partial charge on any atom is 0.0617 e. The van der Waals surface area contributed by atoms with Crippen molar-refractivity contribution in [2.45, 2.75) is 58.6 Å². The first-order valence-corrected chi connectivity index (χ1v) is 7.55. The molecule has 0 spiro atoms. The van der Waals surface area contributed by atoms with Gasteiger partial charge >= 0.3 is 0 Å². The third kappa shape index (κ3) is 3.94. The van der Waals surface area contributed by atoms with Gasteiger partial charge in [-0.1, -0.05) is 13.8 Å². The predicted molar refractivity (Wildman–Crippen MR) is 73.8 cm³/mol. The van der Waals surface area contributed by atoms with Crippen LogP contribution in [0, 0.1) is 11.3 Å². The second kappa shape index (κ2) is 6.36. The lowest BCUT2D eigenvalue weighted by Gasteiger charge is -2.32. The van der Waals surface area contributed by atoms with Crippen LogP contribution in [0.25, 0.3) is 0 Å². The Balaban J connectivity index is 1.76. The van der Waals surface area contributed by atoms with E-state index in [1.54, 1.807) is 0 Å². The van der Waals surface area contributed by atoms with Crippen molar-refractivity contribution in [1.29, 1.82) is 0 Å². The maximum absolute atomic E-state index is 5.80. The molecule has 2 aliphatic rings. The van der Waals surface area contributed by atoms with Gasteiger partial charge in [0.25, 0.3) is 0 Å². The van der Waals surface area contributed by atoms with Crippen LogP contribution in [0.15, 0.2) is 0 Å². The second-order valence-corrected chi connectivity index (χ2v) is 6.50. The van der Waals surface area contributed by atoms with Crippen LogP contribution in [-0.2, 0) is 9.47 Å². The zero-order valence-corrected chi connectivity index (χ0v) is 12.2. The van der Waals surface area contributed by atoms with Crippen LogP contribution in [0.2, 0.25) is 0 Å². The second-order valence-electron chi connectivity index (χ2n) is 6.50. The molecule has 1 heterocycles. The van der Waals surface area contributed by atoms with E-state index in [1.807, 2.05) is 0 Å². The van der Waals surface area contributed by atoms with Crippen LogP contribution >= 0.6 is 0 Å². The Morgan fingerprint density at radius 3 is 2.72 bits per heavy atom. The van der Waals surface area contributed by atoms with Crippen molar-refractivity contribution >= 4 is 0 Å². The summed E-state index contributed by atoms with van der Waals surface area (Å²) in [7, 11) is 0. The van der Waals surface area contributed by atoms with Crippen molar-refractivity contribution in [3.05, 3.63) is 0 Å². The van der Waals surface area contributed by atoms with E-state index in [-0.39, 0.29) is 0 Å². The molecule has 1 N–H and O–H groups in total. The van der Waals surface area contributed by atoms with E-state index in [1.165, 1.54) is 19.3 Å². The van der Waals surface area contributed by atoms with Gasteiger partial charge in [0.1, 0.15) is 0 Å². The smallest absolute Gasteiger partial charge is 0.0617 e. The highest BCUT2D eigenvalue weighted by molar-refractivity contribution is 4.94. The van der Waals surface area contributed by atoms with Gasteiger partial charge in [-0.3, -0.25) is 0 Å². The zero-order chi connectivity index (χ0) is 13.0. The van der Waals surface area contributed by atoms with Crippen molar-refractivity contribution in [3.63, 3.8) is 0 Å². The first-order chi connectivity index (χ1) is 8.62. The summed E-state index contributed by atoms with van der Waals surface area (Å²) in [4.78, 5) is 0. The number of rotatable bonds is 8. The fraction of sp³-hybridized carbons (Fsp3) is 1.00. The molecule has 1 saturated heterocycles. The molecule has 3 heteroatoms. The van der Waals surface area contributed by atoms with Crippen molar-refractivity contribution < 1.29 is 9.47 Å². The Hall–Kier alpha value is -0.120. The molecule has 0 radical (unpaired) electrons. The molecule has 18 heavy (non-hydrogen) atoms. The molecule has 0 amide bonds. The molecule has 3 nitrogen and oxygen atoms in total. The summed E-state index contributed by atoms with van der Waals surface area (Å²) in [5, 5.41) is 3.68. The number of ether oxygens (including phenoxy) is 2. The van der Waals surface area contributed by atoms with Gasteiger partial charge in [0.2, 0.25) is 0 Å². The summed E-state index contributed by atoms with van der Waals surface area (Å²) in [5.74, 6) is 0.628. The van der Waals surface area contributed by atoms with Gasteiger partial charge in [-0.25, -0.2) is 0 Å². The predicted octanol–water partition coefficient (Wildman–Crippen LogP) is 2.60. The fourth-order valence-electron chi connectivity index (χ4n) is 2.70. The van der Waals surface area contributed by atoms with Crippen LogP contribution < -0.4 is 5.32 Å². The zero-order valence-electron chi connectivity index (χ0n) is 12.2. The Morgan fingerprint density at radius 2 is 2.17 bits per heavy atom. The van der Waals surface area contributed by atoms with Gasteiger partial charge in [0.05, 0.1) is 6.10 Å². The minimum atomic E-state index is 0.305. The van der Waals surface area contributed by atoms with Gasteiger partial charge in [0, 0.05) is 37.8 Å². The van der Waals surface area contributed by atoms with Crippen LogP contribution in [0.3, 0.4) is 0 Å². The summed E-state index contributed by atoms with van der Waals surface area (Å²) < 4.78 is 11.6. The molecule has 0 bridgehead atoms. The maximum atomic E-state index is 5.80. The number of nitrogens with one attached hydrogen (secondary N) is 1. The largest absolute Gasteiger partial charge is 0.381 e. The van der Waals surface area contributed by atoms with Crippen LogP contribution in [-0.4, -0.2) is 38.5 Å². The molecule has 1 saturated carbocycles. The highest BCUT2D eigenvalue weighted by atomic mass is 16.5. The average molecular weight is 255 g/mol. The van der Waals surface area contributed by atoms with Crippen LogP contribution in [0.1, 0.15) is 46.5 Å². The fourth-order valence-corrected chi connectivity index (χ4v) is 2.70. The molecule has 0 aromatic rings. The molecule has 0 aromatic carbocycles. The highest BCUT2D eigenvalue weighted by Gasteiger charge is 2.41. The lowest BCUT2D eigenvalue weighted by molar-refractivity contribution is 0.0279. The van der Waals surface area contributed by atoms with Gasteiger partial charge < -0.3 is 14.8 Å². The van der Waals surface area contributed by atoms with Gasteiger partial charge in [-0.2, -0.15) is 0 Å². The molecule has 106 valence electrons. The topological polar surface area (TPSA) is 30.5 Å². The lowest BCUT2D eigenvalue weighted by atomic mass is 9.78. The lowest BCUT2D eigenvalue weighted by Crippen LogP contribution is -2.41. The summed E-state index contributed by atoms with van der Waals surface area (Å²) in [6, 6.07) is 0.784. The Morgan fingerprint density at radius 1 is 1.39 bits per heavy atom. The first kappa shape index (κ1) is 14.3. The van der Waals surface area contributed by atoms with E-state index in [0.717, 1.165) is 38.8 Å². The average Bonchev–Trinajstić information content (AvgIpc) is 3.08. The standard InChI is InChI=1S/C15H29NO2/c1-12(2)10-17-8-6-15(7-9-18-13(15)3)11-16-14-4-5-14/h12-14,16H,4-11H2,1-3H3. The monoisotopic (exact) mass is 255 g/mol. The van der Waals surface area contributed by atoms with E-state index in [9.17, 15) is 0 Å². The third-order valence-electron chi connectivity index (χ3n) is 4.35. The van der Waals surface area contributed by atoms with Crippen molar-refractivity contribution in [1.82, 2.24) is 5.32 Å². The quantitative estimate of drug-likeness (QED) is 0.676. The minimum absolute atomic E-state index is 0.305. The van der Waals surface area contributed by atoms with E-state index >= 15 is 0 Å². The highest BCUT2D eigenvalue weighted by Crippen LogP contribution is 2.38. The molecular formula is C15H29NO2. The molecule has 2 atom stereocenters. The SMILES string of the molecule is CC(C)COCCC1(CNC2CC2)CCOC1C. The molecule has 1 aliphatic heterocycles. The normalized spacial score (nSPS) is 32.3. The number of hydrogen-bond acceptors (Lipinski definition) is 3. The van der Waals surface area contributed by atoms with E-state index in [4.69, 9.17) is 9.47 Å². The summed E-state index contributed by atoms with van der Waals surface area (Å²) in [6.07, 6.45) is 5.38. The van der Waals surface area contributed by atoms with Crippen molar-refractivity contribution in [2.24, 2.45) is 11.3 Å². The summed E-state index contributed by atoms with van der Waals surface area (Å²) in [5.41, 5.74) is 0.305. The molecule has 1 aliphatic carbocycles. The van der Waals surface area contributed by atoms with E-state index in [2.05, 4.69) is 26.1 Å². The summed E-state index contributed by atoms with van der Waals surface area (Å²) >= 11 is 0. The van der Waals surface area contributed by atoms with Crippen molar-refractivity contribution in [3.8, 4) is 0 Å². The van der Waals surface area contributed by atoms with Crippen LogP contribution in [0.5, 0.6) is 0 Å². The van der Waals surface area contributed by atoms with Gasteiger partial charge in [-0.05, 0) is 38.5 Å². The van der Waals surface area contributed by atoms with E-state index in [0.29, 0.717) is 17.4 Å². The Bertz CT molecular complexity index is 253. The van der Waals surface area contributed by atoms with Gasteiger partial charge in [0.15, 0.2) is 0 Å². The molecule has 0 aromatic heterocycles. The summed E-state index contributed by atoms with van der Waals surface area (Å²) in [6.45, 7) is 10.4. The molecular weight excluding hydrogens is 226 g/mol. The number of hydrogen-bond donors (Lipinski definition) is 1. The Labute approximate surface area is 112 Å². The van der Waals surface area contributed by atoms with Crippen molar-refractivity contribution in [2.75, 3.05) is 26.4 Å². The molecule has 2 rings (SSSR count). The minimum Gasteiger partial charge on any atom is -0.381 e. The van der Waals surface area contributed by atoms with E-state index < -0.39 is 0 Å².